The molecule has 2 N–H and O–H groups in total. The molecule has 0 radical (unpaired) electrons. The van der Waals surface area contributed by atoms with Crippen molar-refractivity contribution in [1.29, 1.82) is 0 Å². The maximum Gasteiger partial charge on any atom is 0.255 e. The molecule has 0 atom stereocenters. The van der Waals surface area contributed by atoms with Crippen LogP contribution in [0.5, 0.6) is 5.75 Å². The van der Waals surface area contributed by atoms with Gasteiger partial charge in [-0.15, -0.1) is 0 Å². The van der Waals surface area contributed by atoms with Gasteiger partial charge in [0.05, 0.1) is 11.1 Å². The van der Waals surface area contributed by atoms with E-state index in [9.17, 15) is 9.90 Å². The monoisotopic (exact) mass is 382 g/mol. The Labute approximate surface area is 169 Å². The maximum absolute atomic E-state index is 13.0. The van der Waals surface area contributed by atoms with Crippen LogP contribution in [-0.4, -0.2) is 22.5 Å². The summed E-state index contributed by atoms with van der Waals surface area (Å²) in [5, 5.41) is 14.5. The average Bonchev–Trinajstić information content (AvgIpc) is 2.77. The van der Waals surface area contributed by atoms with E-state index in [4.69, 9.17) is 0 Å². The van der Waals surface area contributed by atoms with Crippen molar-refractivity contribution in [2.24, 2.45) is 0 Å². The number of hydrogen-bond acceptors (Lipinski definition) is 3. The fourth-order valence-electron chi connectivity index (χ4n) is 3.46. The lowest BCUT2D eigenvalue weighted by molar-refractivity contribution is 0.0952. The summed E-state index contributed by atoms with van der Waals surface area (Å²) in [6.45, 7) is 0.532. The van der Waals surface area contributed by atoms with E-state index in [-0.39, 0.29) is 17.2 Å². The molecule has 0 unspecified atom stereocenters. The van der Waals surface area contributed by atoms with Crippen LogP contribution >= 0.6 is 0 Å². The summed E-state index contributed by atoms with van der Waals surface area (Å²) in [4.78, 5) is 17.6. The quantitative estimate of drug-likeness (QED) is 0.463. The van der Waals surface area contributed by atoms with Crippen LogP contribution in [0.15, 0.2) is 84.9 Å². The molecule has 29 heavy (non-hydrogen) atoms. The molecule has 1 aromatic heterocycles. The molecule has 0 aliphatic heterocycles. The second-order valence-electron chi connectivity index (χ2n) is 6.91. The predicted molar refractivity (Wildman–Crippen MR) is 116 cm³/mol. The molecule has 1 amide bonds. The van der Waals surface area contributed by atoms with Gasteiger partial charge in [-0.2, -0.15) is 0 Å². The van der Waals surface area contributed by atoms with Crippen LogP contribution in [-0.2, 0) is 6.42 Å². The molecule has 0 saturated heterocycles. The van der Waals surface area contributed by atoms with Gasteiger partial charge in [0, 0.05) is 17.5 Å². The summed E-state index contributed by atoms with van der Waals surface area (Å²) in [6, 6.07) is 27.0. The van der Waals surface area contributed by atoms with Gasteiger partial charge in [0.15, 0.2) is 5.75 Å². The van der Waals surface area contributed by atoms with Crippen LogP contribution in [0.3, 0.4) is 0 Å². The third kappa shape index (κ3) is 4.11. The SMILES string of the molecule is O=C(NCCCc1ccccc1)c1c(O)c(-c2ccccc2)nc2ccccc12. The van der Waals surface area contributed by atoms with Gasteiger partial charge < -0.3 is 10.4 Å². The zero-order valence-electron chi connectivity index (χ0n) is 16.0. The van der Waals surface area contributed by atoms with Gasteiger partial charge in [-0.3, -0.25) is 4.79 Å². The Morgan fingerprint density at radius 3 is 2.28 bits per heavy atom. The highest BCUT2D eigenvalue weighted by atomic mass is 16.3. The second kappa shape index (κ2) is 8.57. The summed E-state index contributed by atoms with van der Waals surface area (Å²) in [5.74, 6) is -0.373. The fraction of sp³-hybridized carbons (Fsp3) is 0.120. The van der Waals surface area contributed by atoms with Crippen LogP contribution in [0.2, 0.25) is 0 Å². The summed E-state index contributed by atoms with van der Waals surface area (Å²) in [6.07, 6.45) is 1.71. The van der Waals surface area contributed by atoms with E-state index in [0.717, 1.165) is 18.4 Å². The van der Waals surface area contributed by atoms with Crippen molar-refractivity contribution in [3.8, 4) is 17.0 Å². The Balaban J connectivity index is 1.60. The van der Waals surface area contributed by atoms with Crippen LogP contribution in [0, 0.1) is 0 Å². The van der Waals surface area contributed by atoms with Crippen molar-refractivity contribution < 1.29 is 9.90 Å². The molecule has 4 heteroatoms. The molecule has 4 nitrogen and oxygen atoms in total. The third-order valence-corrected chi connectivity index (χ3v) is 4.91. The maximum atomic E-state index is 13.0. The zero-order valence-corrected chi connectivity index (χ0v) is 16.0. The van der Waals surface area contributed by atoms with Crippen molar-refractivity contribution in [2.75, 3.05) is 6.54 Å². The highest BCUT2D eigenvalue weighted by Gasteiger charge is 2.20. The molecule has 0 spiro atoms. The number of nitrogens with zero attached hydrogens (tertiary/aromatic N) is 1. The Morgan fingerprint density at radius 1 is 0.862 bits per heavy atom. The fourth-order valence-corrected chi connectivity index (χ4v) is 3.46. The van der Waals surface area contributed by atoms with E-state index in [1.54, 1.807) is 0 Å². The molecule has 3 aromatic carbocycles. The summed E-state index contributed by atoms with van der Waals surface area (Å²) in [5.41, 5.74) is 3.38. The summed E-state index contributed by atoms with van der Waals surface area (Å²) < 4.78 is 0. The molecule has 0 aliphatic carbocycles. The first-order valence-corrected chi connectivity index (χ1v) is 9.73. The number of amides is 1. The summed E-state index contributed by atoms with van der Waals surface area (Å²) >= 11 is 0. The Bertz CT molecular complexity index is 1130. The van der Waals surface area contributed by atoms with Crippen molar-refractivity contribution in [2.45, 2.75) is 12.8 Å². The Hall–Kier alpha value is -3.66. The van der Waals surface area contributed by atoms with Gasteiger partial charge in [-0.05, 0) is 24.5 Å². The number of nitrogens with one attached hydrogen (secondary N) is 1. The first-order valence-electron chi connectivity index (χ1n) is 9.73. The number of pyridine rings is 1. The van der Waals surface area contributed by atoms with Crippen LogP contribution in [0.1, 0.15) is 22.3 Å². The predicted octanol–water partition coefficient (Wildman–Crippen LogP) is 4.97. The first kappa shape index (κ1) is 18.7. The minimum Gasteiger partial charge on any atom is -0.505 e. The topological polar surface area (TPSA) is 62.2 Å². The molecular formula is C25H22N2O2. The summed E-state index contributed by atoms with van der Waals surface area (Å²) in [7, 11) is 0. The normalized spacial score (nSPS) is 10.8. The standard InChI is InChI=1S/C25H22N2O2/c28-24-22(25(29)26-17-9-12-18-10-3-1-4-11-18)20-15-7-8-16-21(20)27-23(24)19-13-5-2-6-14-19/h1-8,10-11,13-16,28H,9,12,17H2,(H,26,29). The van der Waals surface area contributed by atoms with Gasteiger partial charge in [0.1, 0.15) is 5.69 Å². The lowest BCUT2D eigenvalue weighted by Gasteiger charge is -2.13. The van der Waals surface area contributed by atoms with Gasteiger partial charge in [-0.25, -0.2) is 4.98 Å². The van der Waals surface area contributed by atoms with E-state index in [1.165, 1.54) is 5.56 Å². The number of hydrogen-bond donors (Lipinski definition) is 2. The van der Waals surface area contributed by atoms with E-state index in [0.29, 0.717) is 23.1 Å². The molecule has 0 fully saturated rings. The number of aryl methyl sites for hydroxylation is 1. The Morgan fingerprint density at radius 2 is 1.52 bits per heavy atom. The number of aromatic hydroxyl groups is 1. The number of carbonyl (C=O) groups is 1. The largest absolute Gasteiger partial charge is 0.505 e. The molecule has 4 rings (SSSR count). The van der Waals surface area contributed by atoms with E-state index in [1.807, 2.05) is 72.8 Å². The van der Waals surface area contributed by atoms with Gasteiger partial charge in [0.2, 0.25) is 0 Å². The molecule has 4 aromatic rings. The highest BCUT2D eigenvalue weighted by molar-refractivity contribution is 6.10. The Kier molecular flexibility index (Phi) is 5.52. The molecule has 1 heterocycles. The molecule has 0 bridgehead atoms. The minimum atomic E-state index is -0.286. The number of aromatic nitrogens is 1. The number of benzene rings is 3. The molecule has 144 valence electrons. The third-order valence-electron chi connectivity index (χ3n) is 4.91. The number of rotatable bonds is 6. The molecule has 0 saturated carbocycles. The molecule has 0 aliphatic rings. The van der Waals surface area contributed by atoms with Gasteiger partial charge >= 0.3 is 0 Å². The lowest BCUT2D eigenvalue weighted by atomic mass is 10.0. The van der Waals surface area contributed by atoms with Crippen LogP contribution in [0.4, 0.5) is 0 Å². The number of para-hydroxylation sites is 1. The van der Waals surface area contributed by atoms with Gasteiger partial charge in [0.25, 0.3) is 5.91 Å². The smallest absolute Gasteiger partial charge is 0.255 e. The highest BCUT2D eigenvalue weighted by Crippen LogP contribution is 2.35. The van der Waals surface area contributed by atoms with E-state index in [2.05, 4.69) is 22.4 Å². The van der Waals surface area contributed by atoms with Crippen LogP contribution in [0.25, 0.3) is 22.2 Å². The van der Waals surface area contributed by atoms with Crippen molar-refractivity contribution >= 4 is 16.8 Å². The lowest BCUT2D eigenvalue weighted by Crippen LogP contribution is -2.25. The zero-order chi connectivity index (χ0) is 20.1. The van der Waals surface area contributed by atoms with Crippen LogP contribution < -0.4 is 5.32 Å². The number of carbonyl (C=O) groups excluding carboxylic acids is 1. The van der Waals surface area contributed by atoms with E-state index >= 15 is 0 Å². The average molecular weight is 382 g/mol. The molecular weight excluding hydrogens is 360 g/mol. The minimum absolute atomic E-state index is 0.0875. The number of fused-ring (bicyclic) bond motifs is 1. The van der Waals surface area contributed by atoms with E-state index < -0.39 is 0 Å². The first-order chi connectivity index (χ1) is 14.2. The second-order valence-corrected chi connectivity index (χ2v) is 6.91. The van der Waals surface area contributed by atoms with Crippen molar-refractivity contribution in [3.05, 3.63) is 96.1 Å². The van der Waals surface area contributed by atoms with Crippen molar-refractivity contribution in [3.63, 3.8) is 0 Å². The van der Waals surface area contributed by atoms with Gasteiger partial charge in [-0.1, -0.05) is 78.9 Å². The van der Waals surface area contributed by atoms with Crippen molar-refractivity contribution in [1.82, 2.24) is 10.3 Å².